The lowest BCUT2D eigenvalue weighted by molar-refractivity contribution is -0.118. The third kappa shape index (κ3) is 10.2. The average Bonchev–Trinajstić information content (AvgIpc) is 2.77. The van der Waals surface area contributed by atoms with E-state index in [2.05, 4.69) is 25.7 Å². The lowest BCUT2D eigenvalue weighted by Crippen LogP contribution is -2.28. The molecule has 10 nitrogen and oxygen atoms in total. The number of nitrogens with zero attached hydrogens (tertiary/aromatic N) is 4. The summed E-state index contributed by atoms with van der Waals surface area (Å²) in [5, 5.41) is 18.5. The Morgan fingerprint density at radius 1 is 0.867 bits per heavy atom. The molecule has 11 heteroatoms. The van der Waals surface area contributed by atoms with E-state index in [1.807, 2.05) is 46.9 Å². The van der Waals surface area contributed by atoms with Crippen LogP contribution < -0.4 is 10.1 Å². The van der Waals surface area contributed by atoms with Crippen molar-refractivity contribution in [1.29, 1.82) is 0 Å². The van der Waals surface area contributed by atoms with Gasteiger partial charge in [-0.25, -0.2) is 0 Å². The van der Waals surface area contributed by atoms with Crippen molar-refractivity contribution in [3.8, 4) is 17.1 Å². The maximum Gasteiger partial charge on any atom is 0.229 e. The van der Waals surface area contributed by atoms with Gasteiger partial charge in [-0.2, -0.15) is 0 Å². The number of aryl methyl sites for hydroxylation is 1. The second-order valence-electron chi connectivity index (χ2n) is 5.96. The minimum atomic E-state index is 0.0144. The van der Waals surface area contributed by atoms with Crippen LogP contribution in [0.3, 0.4) is 0 Å². The SMILES string of the molecule is Cc1nnc(-c2ccc(OCCOCCOCCOCCNC(=O)CI)cc2)nn1. The van der Waals surface area contributed by atoms with Gasteiger partial charge in [0.2, 0.25) is 11.7 Å². The third-order valence-corrected chi connectivity index (χ3v) is 4.31. The zero-order valence-electron chi connectivity index (χ0n) is 16.9. The zero-order valence-corrected chi connectivity index (χ0v) is 19.0. The Labute approximate surface area is 189 Å². The molecule has 0 bridgehead atoms. The van der Waals surface area contributed by atoms with Gasteiger partial charge in [0.25, 0.3) is 0 Å². The number of hydrogen-bond acceptors (Lipinski definition) is 9. The molecule has 0 aliphatic heterocycles. The maximum absolute atomic E-state index is 11.0. The van der Waals surface area contributed by atoms with Crippen molar-refractivity contribution in [2.24, 2.45) is 0 Å². The van der Waals surface area contributed by atoms with Crippen molar-refractivity contribution in [1.82, 2.24) is 25.7 Å². The summed E-state index contributed by atoms with van der Waals surface area (Å²) >= 11 is 2.01. The van der Waals surface area contributed by atoms with E-state index in [0.717, 1.165) is 11.3 Å². The van der Waals surface area contributed by atoms with Crippen molar-refractivity contribution in [2.45, 2.75) is 6.92 Å². The minimum absolute atomic E-state index is 0.0144. The maximum atomic E-state index is 11.0. The fourth-order valence-electron chi connectivity index (χ4n) is 2.17. The molecule has 2 rings (SSSR count). The summed E-state index contributed by atoms with van der Waals surface area (Å²) in [5.74, 6) is 1.76. The van der Waals surface area contributed by atoms with Crippen LogP contribution in [0.5, 0.6) is 5.75 Å². The fraction of sp³-hybridized carbons (Fsp3) is 0.526. The smallest absolute Gasteiger partial charge is 0.229 e. The molecule has 1 aromatic heterocycles. The monoisotopic (exact) mass is 531 g/mol. The lowest BCUT2D eigenvalue weighted by atomic mass is 10.2. The normalized spacial score (nSPS) is 10.7. The Morgan fingerprint density at radius 2 is 1.43 bits per heavy atom. The molecule has 0 atom stereocenters. The summed E-state index contributed by atoms with van der Waals surface area (Å²) in [6.07, 6.45) is 0. The average molecular weight is 531 g/mol. The lowest BCUT2D eigenvalue weighted by Gasteiger charge is -2.09. The largest absolute Gasteiger partial charge is 0.491 e. The molecule has 1 heterocycles. The molecule has 30 heavy (non-hydrogen) atoms. The molecular weight excluding hydrogens is 505 g/mol. The van der Waals surface area contributed by atoms with Crippen LogP contribution in [0.25, 0.3) is 11.4 Å². The van der Waals surface area contributed by atoms with Crippen molar-refractivity contribution >= 4 is 28.5 Å². The quantitative estimate of drug-likeness (QED) is 0.206. The van der Waals surface area contributed by atoms with Gasteiger partial charge in [0, 0.05) is 12.1 Å². The number of rotatable bonds is 15. The predicted molar refractivity (Wildman–Crippen MR) is 118 cm³/mol. The van der Waals surface area contributed by atoms with E-state index >= 15 is 0 Å². The number of carbonyl (C=O) groups excluding carboxylic acids is 1. The number of hydrogen-bond donors (Lipinski definition) is 1. The minimum Gasteiger partial charge on any atom is -0.491 e. The molecule has 0 aliphatic rings. The van der Waals surface area contributed by atoms with Gasteiger partial charge >= 0.3 is 0 Å². The zero-order chi connectivity index (χ0) is 21.4. The van der Waals surface area contributed by atoms with Crippen LogP contribution in [-0.4, -0.2) is 83.5 Å². The molecule has 0 radical (unpaired) electrons. The summed E-state index contributed by atoms with van der Waals surface area (Å²) in [7, 11) is 0. The highest BCUT2D eigenvalue weighted by Gasteiger charge is 2.03. The van der Waals surface area contributed by atoms with E-state index in [9.17, 15) is 4.79 Å². The predicted octanol–water partition coefficient (Wildman–Crippen LogP) is 1.22. The molecule has 0 saturated carbocycles. The Kier molecular flexibility index (Phi) is 12.1. The highest BCUT2D eigenvalue weighted by Crippen LogP contribution is 2.18. The number of nitrogens with one attached hydrogen (secondary N) is 1. The van der Waals surface area contributed by atoms with E-state index < -0.39 is 0 Å². The second kappa shape index (κ2) is 14.9. The van der Waals surface area contributed by atoms with E-state index in [4.69, 9.17) is 18.9 Å². The summed E-state index contributed by atoms with van der Waals surface area (Å²) < 4.78 is 22.3. The van der Waals surface area contributed by atoms with Gasteiger partial charge in [-0.15, -0.1) is 20.4 Å². The van der Waals surface area contributed by atoms with Crippen LogP contribution in [0.2, 0.25) is 0 Å². The van der Waals surface area contributed by atoms with Crippen molar-refractivity contribution in [3.05, 3.63) is 30.1 Å². The third-order valence-electron chi connectivity index (χ3n) is 3.62. The number of amides is 1. The van der Waals surface area contributed by atoms with Crippen LogP contribution in [-0.2, 0) is 19.0 Å². The van der Waals surface area contributed by atoms with Gasteiger partial charge in [0.1, 0.15) is 12.4 Å². The van der Waals surface area contributed by atoms with E-state index in [0.29, 0.717) is 68.9 Å². The van der Waals surface area contributed by atoms with Gasteiger partial charge in [0.05, 0.1) is 44.1 Å². The molecule has 1 amide bonds. The van der Waals surface area contributed by atoms with Gasteiger partial charge in [-0.05, 0) is 31.2 Å². The first-order valence-corrected chi connectivity index (χ1v) is 11.0. The Bertz CT molecular complexity index is 733. The van der Waals surface area contributed by atoms with E-state index in [1.165, 1.54) is 0 Å². The number of alkyl halides is 1. The molecule has 0 fully saturated rings. The van der Waals surface area contributed by atoms with Gasteiger partial charge < -0.3 is 24.3 Å². The topological polar surface area (TPSA) is 118 Å². The number of carbonyl (C=O) groups is 1. The molecule has 2 aromatic rings. The standard InChI is InChI=1S/C19H26IN5O5/c1-15-22-24-19(25-23-15)16-2-4-17(5-3-16)30-13-12-29-11-10-28-9-8-27-7-6-21-18(26)14-20/h2-5H,6-14H2,1H3,(H,21,26). The second-order valence-corrected chi connectivity index (χ2v) is 6.73. The van der Waals surface area contributed by atoms with Crippen LogP contribution in [0.15, 0.2) is 24.3 Å². The summed E-state index contributed by atoms with van der Waals surface area (Å²) in [5.41, 5.74) is 0.824. The molecule has 0 spiro atoms. The fourth-order valence-corrected chi connectivity index (χ4v) is 2.44. The molecule has 1 N–H and O–H groups in total. The van der Waals surface area contributed by atoms with Crippen LogP contribution in [0.1, 0.15) is 5.82 Å². The number of benzene rings is 1. The number of ether oxygens (including phenoxy) is 4. The Balaban J connectivity index is 1.44. The highest BCUT2D eigenvalue weighted by atomic mass is 127. The highest BCUT2D eigenvalue weighted by molar-refractivity contribution is 14.1. The Hall–Kier alpha value is -1.96. The van der Waals surface area contributed by atoms with Gasteiger partial charge in [-0.3, -0.25) is 4.79 Å². The first kappa shape index (κ1) is 24.3. The molecule has 0 saturated heterocycles. The molecule has 164 valence electrons. The van der Waals surface area contributed by atoms with Crippen molar-refractivity contribution < 1.29 is 23.7 Å². The number of aromatic nitrogens is 4. The van der Waals surface area contributed by atoms with E-state index in [1.54, 1.807) is 6.92 Å². The Morgan fingerprint density at radius 3 is 2.03 bits per heavy atom. The van der Waals surface area contributed by atoms with Gasteiger partial charge in [0.15, 0.2) is 5.82 Å². The van der Waals surface area contributed by atoms with Crippen molar-refractivity contribution in [2.75, 3.05) is 57.2 Å². The summed E-state index contributed by atoms with van der Waals surface area (Å²) in [4.78, 5) is 11.0. The molecule has 0 unspecified atom stereocenters. The van der Waals surface area contributed by atoms with Crippen molar-refractivity contribution in [3.63, 3.8) is 0 Å². The van der Waals surface area contributed by atoms with Crippen LogP contribution in [0, 0.1) is 6.92 Å². The molecule has 1 aromatic carbocycles. The van der Waals surface area contributed by atoms with Crippen LogP contribution >= 0.6 is 22.6 Å². The van der Waals surface area contributed by atoms with Crippen LogP contribution in [0.4, 0.5) is 0 Å². The first-order valence-electron chi connectivity index (χ1n) is 9.52. The van der Waals surface area contributed by atoms with E-state index in [-0.39, 0.29) is 5.91 Å². The van der Waals surface area contributed by atoms with Gasteiger partial charge in [-0.1, -0.05) is 22.6 Å². The number of halogens is 1. The first-order chi connectivity index (χ1) is 14.7. The summed E-state index contributed by atoms with van der Waals surface area (Å²) in [6, 6.07) is 7.40. The summed E-state index contributed by atoms with van der Waals surface area (Å²) in [6.45, 7) is 5.58. The molecular formula is C19H26IN5O5. The molecule has 0 aliphatic carbocycles.